The molecule has 1 fully saturated rings. The van der Waals surface area contributed by atoms with Crippen LogP contribution in [-0.4, -0.2) is 20.1 Å². The van der Waals surface area contributed by atoms with Crippen molar-refractivity contribution in [3.63, 3.8) is 0 Å². The van der Waals surface area contributed by atoms with Crippen LogP contribution >= 0.6 is 0 Å². The summed E-state index contributed by atoms with van der Waals surface area (Å²) in [5.41, 5.74) is 7.41. The van der Waals surface area contributed by atoms with Gasteiger partial charge in [-0.15, -0.1) is 0 Å². The Hall–Kier alpha value is -2.41. The number of aryl methyl sites for hydroxylation is 1. The number of aromatic amines is 1. The highest BCUT2D eigenvalue weighted by Gasteiger charge is 2.37. The van der Waals surface area contributed by atoms with Gasteiger partial charge < -0.3 is 19.7 Å². The third kappa shape index (κ3) is 1.89. The van der Waals surface area contributed by atoms with Gasteiger partial charge in [0.1, 0.15) is 17.3 Å². The van der Waals surface area contributed by atoms with Crippen molar-refractivity contribution in [3.8, 4) is 23.0 Å². The van der Waals surface area contributed by atoms with Crippen LogP contribution in [0.2, 0.25) is 0 Å². The number of imidazole rings is 1. The van der Waals surface area contributed by atoms with Crippen LogP contribution in [0.3, 0.4) is 0 Å². The average Bonchev–Trinajstić information content (AvgIpc) is 3.14. The lowest BCUT2D eigenvalue weighted by atomic mass is 9.77. The van der Waals surface area contributed by atoms with E-state index in [0.717, 1.165) is 36.4 Å². The largest absolute Gasteiger partial charge is 0.469 e. The molecule has 3 aromatic rings. The van der Waals surface area contributed by atoms with Gasteiger partial charge >= 0.3 is 0 Å². The maximum Gasteiger partial charge on any atom is 0.276 e. The summed E-state index contributed by atoms with van der Waals surface area (Å²) in [5.74, 6) is 2.43. The minimum Gasteiger partial charge on any atom is -0.469 e. The summed E-state index contributed by atoms with van der Waals surface area (Å²) in [6.45, 7) is 1.86. The van der Waals surface area contributed by atoms with E-state index in [-0.39, 0.29) is 5.54 Å². The van der Waals surface area contributed by atoms with Gasteiger partial charge in [-0.25, -0.2) is 4.98 Å². The van der Waals surface area contributed by atoms with Crippen molar-refractivity contribution in [2.24, 2.45) is 5.73 Å². The quantitative estimate of drug-likeness (QED) is 0.765. The molecule has 0 spiro atoms. The second-order valence-corrected chi connectivity index (χ2v) is 5.47. The van der Waals surface area contributed by atoms with Gasteiger partial charge in [0, 0.05) is 0 Å². The maximum atomic E-state index is 6.24. The molecule has 21 heavy (non-hydrogen) atoms. The van der Waals surface area contributed by atoms with Crippen LogP contribution < -0.4 is 5.73 Å². The van der Waals surface area contributed by atoms with E-state index in [0.29, 0.717) is 17.4 Å². The molecule has 0 saturated heterocycles. The van der Waals surface area contributed by atoms with E-state index >= 15 is 0 Å². The zero-order valence-corrected chi connectivity index (χ0v) is 11.6. The maximum absolute atomic E-state index is 6.24. The molecule has 0 radical (unpaired) electrons. The fraction of sp³-hybridized carbons (Fsp3) is 0.357. The summed E-state index contributed by atoms with van der Waals surface area (Å²) < 4.78 is 10.5. The lowest BCUT2D eigenvalue weighted by molar-refractivity contribution is 0.240. The summed E-state index contributed by atoms with van der Waals surface area (Å²) in [5, 5.41) is 3.98. The van der Waals surface area contributed by atoms with Crippen LogP contribution in [0, 0.1) is 6.92 Å². The molecule has 3 heterocycles. The number of nitrogens with one attached hydrogen (secondary N) is 1. The summed E-state index contributed by atoms with van der Waals surface area (Å²) >= 11 is 0. The van der Waals surface area contributed by atoms with E-state index in [9.17, 15) is 0 Å². The summed E-state index contributed by atoms with van der Waals surface area (Å²) in [4.78, 5) is 11.9. The standard InChI is InChI=1S/C14H15N5O2/c1-8-9(3-6-20-8)11-18-12(21-19-11)10-7-16-13(17-10)14(15)4-2-5-14/h3,6-7H,2,4-5,15H2,1H3,(H,16,17). The van der Waals surface area contributed by atoms with Crippen molar-refractivity contribution in [2.75, 3.05) is 0 Å². The molecular weight excluding hydrogens is 270 g/mol. The smallest absolute Gasteiger partial charge is 0.276 e. The molecule has 3 N–H and O–H groups in total. The van der Waals surface area contributed by atoms with Gasteiger partial charge in [-0.1, -0.05) is 5.16 Å². The van der Waals surface area contributed by atoms with Crippen LogP contribution in [0.4, 0.5) is 0 Å². The number of nitrogens with zero attached hydrogens (tertiary/aromatic N) is 3. The highest BCUT2D eigenvalue weighted by molar-refractivity contribution is 5.59. The van der Waals surface area contributed by atoms with Crippen LogP contribution in [0.15, 0.2) is 27.5 Å². The van der Waals surface area contributed by atoms with Crippen molar-refractivity contribution >= 4 is 0 Å². The molecule has 3 aromatic heterocycles. The topological polar surface area (TPSA) is 107 Å². The van der Waals surface area contributed by atoms with Gasteiger partial charge in [-0.05, 0) is 32.3 Å². The van der Waals surface area contributed by atoms with Crippen LogP contribution in [-0.2, 0) is 5.54 Å². The van der Waals surface area contributed by atoms with Gasteiger partial charge in [0.05, 0.1) is 23.6 Å². The van der Waals surface area contributed by atoms with Gasteiger partial charge in [-0.3, -0.25) is 0 Å². The van der Waals surface area contributed by atoms with Gasteiger partial charge in [0.15, 0.2) is 0 Å². The summed E-state index contributed by atoms with van der Waals surface area (Å²) in [6.07, 6.45) is 6.31. The Morgan fingerprint density at radius 2 is 2.24 bits per heavy atom. The minimum absolute atomic E-state index is 0.331. The normalized spacial score (nSPS) is 16.9. The number of furan rings is 1. The Bertz CT molecular complexity index is 781. The van der Waals surface area contributed by atoms with Gasteiger partial charge in [0.25, 0.3) is 5.89 Å². The Morgan fingerprint density at radius 1 is 1.38 bits per heavy atom. The van der Waals surface area contributed by atoms with Crippen molar-refractivity contribution in [2.45, 2.75) is 31.7 Å². The average molecular weight is 285 g/mol. The number of nitrogens with two attached hydrogens (primary N) is 1. The fourth-order valence-electron chi connectivity index (χ4n) is 2.54. The molecule has 0 atom stereocenters. The Kier molecular flexibility index (Phi) is 2.52. The van der Waals surface area contributed by atoms with Crippen molar-refractivity contribution in [1.82, 2.24) is 20.1 Å². The van der Waals surface area contributed by atoms with Crippen LogP contribution in [0.5, 0.6) is 0 Å². The first-order valence-corrected chi connectivity index (χ1v) is 6.89. The highest BCUT2D eigenvalue weighted by atomic mass is 16.5. The molecule has 0 aliphatic heterocycles. The van der Waals surface area contributed by atoms with Gasteiger partial charge in [-0.2, -0.15) is 4.98 Å². The van der Waals surface area contributed by atoms with Crippen molar-refractivity contribution in [3.05, 3.63) is 30.1 Å². The van der Waals surface area contributed by atoms with E-state index in [1.165, 1.54) is 0 Å². The van der Waals surface area contributed by atoms with Crippen LogP contribution in [0.1, 0.15) is 30.8 Å². The first kappa shape index (κ1) is 12.3. The number of aromatic nitrogens is 4. The minimum atomic E-state index is -0.331. The number of rotatable bonds is 3. The predicted molar refractivity (Wildman–Crippen MR) is 74.0 cm³/mol. The van der Waals surface area contributed by atoms with Crippen molar-refractivity contribution < 1.29 is 8.94 Å². The van der Waals surface area contributed by atoms with E-state index in [4.69, 9.17) is 14.7 Å². The molecule has 108 valence electrons. The third-order valence-corrected chi connectivity index (χ3v) is 4.05. The number of hydrogen-bond donors (Lipinski definition) is 2. The molecule has 7 heteroatoms. The van der Waals surface area contributed by atoms with Gasteiger partial charge in [0.2, 0.25) is 5.82 Å². The van der Waals surface area contributed by atoms with Crippen molar-refractivity contribution in [1.29, 1.82) is 0 Å². The summed E-state index contributed by atoms with van der Waals surface area (Å²) in [7, 11) is 0. The predicted octanol–water partition coefficient (Wildman–Crippen LogP) is 2.37. The lowest BCUT2D eigenvalue weighted by Crippen LogP contribution is -2.44. The Labute approximate surface area is 120 Å². The molecule has 0 aromatic carbocycles. The molecule has 1 saturated carbocycles. The second kappa shape index (κ2) is 4.29. The molecule has 1 aliphatic carbocycles. The molecule has 0 amide bonds. The van der Waals surface area contributed by atoms with Crippen LogP contribution in [0.25, 0.3) is 23.0 Å². The molecule has 7 nitrogen and oxygen atoms in total. The molecule has 0 bridgehead atoms. The first-order chi connectivity index (χ1) is 10.2. The fourth-order valence-corrected chi connectivity index (χ4v) is 2.54. The van der Waals surface area contributed by atoms with E-state index < -0.39 is 0 Å². The third-order valence-electron chi connectivity index (χ3n) is 4.05. The number of hydrogen-bond acceptors (Lipinski definition) is 6. The zero-order chi connectivity index (χ0) is 14.4. The zero-order valence-electron chi connectivity index (χ0n) is 11.6. The first-order valence-electron chi connectivity index (χ1n) is 6.89. The second-order valence-electron chi connectivity index (χ2n) is 5.47. The summed E-state index contributed by atoms with van der Waals surface area (Å²) in [6, 6.07) is 1.81. The molecule has 1 aliphatic rings. The van der Waals surface area contributed by atoms with E-state index in [2.05, 4.69) is 20.1 Å². The Balaban J connectivity index is 1.66. The van der Waals surface area contributed by atoms with E-state index in [1.54, 1.807) is 12.5 Å². The molecule has 4 rings (SSSR count). The number of H-pyrrole nitrogens is 1. The lowest BCUT2D eigenvalue weighted by Gasteiger charge is -2.35. The van der Waals surface area contributed by atoms with E-state index in [1.807, 2.05) is 13.0 Å². The molecular formula is C14H15N5O2. The monoisotopic (exact) mass is 285 g/mol. The molecule has 0 unspecified atom stereocenters. The Morgan fingerprint density at radius 3 is 2.90 bits per heavy atom. The SMILES string of the molecule is Cc1occc1-c1noc(-c2cnc(C3(N)CCC3)[nH]2)n1. The highest BCUT2D eigenvalue weighted by Crippen LogP contribution is 2.37.